The molecule has 1 atom stereocenters. The van der Waals surface area contributed by atoms with E-state index in [1.807, 2.05) is 48.5 Å². The Hall–Kier alpha value is -2.82. The predicted molar refractivity (Wildman–Crippen MR) is 87.3 cm³/mol. The minimum atomic E-state index is -0.415. The number of rotatable bonds is 5. The summed E-state index contributed by atoms with van der Waals surface area (Å²) in [4.78, 5) is 24.1. The van der Waals surface area contributed by atoms with Gasteiger partial charge in [0.2, 0.25) is 11.8 Å². The molecule has 0 fully saturated rings. The summed E-state index contributed by atoms with van der Waals surface area (Å²) in [5, 5.41) is 5.66. The van der Waals surface area contributed by atoms with Gasteiger partial charge in [0.05, 0.1) is 13.0 Å². The summed E-state index contributed by atoms with van der Waals surface area (Å²) in [7, 11) is 1.61. The first-order valence-electron chi connectivity index (χ1n) is 7.47. The van der Waals surface area contributed by atoms with Crippen LogP contribution in [0.2, 0.25) is 0 Å². The van der Waals surface area contributed by atoms with Crippen LogP contribution in [0.15, 0.2) is 48.5 Å². The van der Waals surface area contributed by atoms with Crippen molar-refractivity contribution in [1.29, 1.82) is 0 Å². The number of amides is 2. The van der Waals surface area contributed by atoms with E-state index < -0.39 is 5.92 Å². The third-order valence-corrected chi connectivity index (χ3v) is 3.95. The molecule has 0 spiro atoms. The molecule has 3 rings (SSSR count). The van der Waals surface area contributed by atoms with E-state index in [-0.39, 0.29) is 18.2 Å². The first-order valence-corrected chi connectivity index (χ1v) is 7.47. The normalized spacial score (nSPS) is 15.7. The molecule has 23 heavy (non-hydrogen) atoms. The smallest absolute Gasteiger partial charge is 0.232 e. The zero-order valence-corrected chi connectivity index (χ0v) is 12.8. The maximum absolute atomic E-state index is 12.1. The number of nitrogens with one attached hydrogen (secondary N) is 2. The van der Waals surface area contributed by atoms with Crippen LogP contribution in [0.3, 0.4) is 0 Å². The summed E-state index contributed by atoms with van der Waals surface area (Å²) in [6, 6.07) is 15.0. The van der Waals surface area contributed by atoms with Crippen molar-refractivity contribution in [3.63, 3.8) is 0 Å². The molecule has 2 aromatic rings. The van der Waals surface area contributed by atoms with Gasteiger partial charge in [-0.25, -0.2) is 0 Å². The number of ether oxygens (including phenoxy) is 1. The van der Waals surface area contributed by atoms with Crippen LogP contribution < -0.4 is 15.4 Å². The molecule has 1 aliphatic heterocycles. The highest BCUT2D eigenvalue weighted by atomic mass is 16.5. The van der Waals surface area contributed by atoms with Crippen molar-refractivity contribution >= 4 is 17.5 Å². The van der Waals surface area contributed by atoms with E-state index in [9.17, 15) is 9.59 Å². The second kappa shape index (κ2) is 6.52. The van der Waals surface area contributed by atoms with Crippen molar-refractivity contribution in [1.82, 2.24) is 5.32 Å². The fraction of sp³-hybridized carbons (Fsp3) is 0.222. The van der Waals surface area contributed by atoms with E-state index in [1.165, 1.54) is 0 Å². The molecule has 0 bridgehead atoms. The average Bonchev–Trinajstić information content (AvgIpc) is 2.89. The van der Waals surface area contributed by atoms with Gasteiger partial charge in [-0.3, -0.25) is 9.59 Å². The third kappa shape index (κ3) is 3.34. The van der Waals surface area contributed by atoms with Crippen molar-refractivity contribution in [2.75, 3.05) is 12.4 Å². The van der Waals surface area contributed by atoms with Gasteiger partial charge in [0, 0.05) is 18.7 Å². The Kier molecular flexibility index (Phi) is 4.28. The quantitative estimate of drug-likeness (QED) is 0.891. The highest BCUT2D eigenvalue weighted by molar-refractivity contribution is 6.04. The summed E-state index contributed by atoms with van der Waals surface area (Å²) in [5.41, 5.74) is 2.66. The number of benzene rings is 2. The topological polar surface area (TPSA) is 67.4 Å². The number of fused-ring (bicyclic) bond motifs is 1. The van der Waals surface area contributed by atoms with E-state index in [0.717, 1.165) is 22.6 Å². The fourth-order valence-corrected chi connectivity index (χ4v) is 2.68. The largest absolute Gasteiger partial charge is 0.497 e. The molecule has 0 saturated carbocycles. The van der Waals surface area contributed by atoms with Crippen LogP contribution in [0.5, 0.6) is 5.75 Å². The van der Waals surface area contributed by atoms with Crippen LogP contribution >= 0.6 is 0 Å². The van der Waals surface area contributed by atoms with Gasteiger partial charge in [0.25, 0.3) is 0 Å². The van der Waals surface area contributed by atoms with Crippen LogP contribution in [0.4, 0.5) is 5.69 Å². The Morgan fingerprint density at radius 1 is 1.17 bits per heavy atom. The molecule has 118 valence electrons. The lowest BCUT2D eigenvalue weighted by Gasteiger charge is -2.10. The zero-order chi connectivity index (χ0) is 16.2. The highest BCUT2D eigenvalue weighted by Gasteiger charge is 2.31. The predicted octanol–water partition coefficient (Wildman–Crippen LogP) is 2.44. The number of anilines is 1. The monoisotopic (exact) mass is 310 g/mol. The Morgan fingerprint density at radius 3 is 2.65 bits per heavy atom. The minimum Gasteiger partial charge on any atom is -0.497 e. The number of hydrogen-bond acceptors (Lipinski definition) is 3. The Balaban J connectivity index is 1.58. The van der Waals surface area contributed by atoms with Gasteiger partial charge in [0.15, 0.2) is 0 Å². The van der Waals surface area contributed by atoms with Crippen LogP contribution in [0.1, 0.15) is 23.5 Å². The minimum absolute atomic E-state index is 0.120. The van der Waals surface area contributed by atoms with Gasteiger partial charge in [-0.2, -0.15) is 0 Å². The second-order valence-electron chi connectivity index (χ2n) is 5.46. The number of para-hydroxylation sites is 1. The summed E-state index contributed by atoms with van der Waals surface area (Å²) in [5.74, 6) is 0.102. The summed E-state index contributed by atoms with van der Waals surface area (Å²) in [6.45, 7) is 0.429. The second-order valence-corrected chi connectivity index (χ2v) is 5.46. The van der Waals surface area contributed by atoms with Crippen molar-refractivity contribution in [3.8, 4) is 5.75 Å². The number of carbonyl (C=O) groups excluding carboxylic acids is 2. The van der Waals surface area contributed by atoms with Gasteiger partial charge >= 0.3 is 0 Å². The summed E-state index contributed by atoms with van der Waals surface area (Å²) < 4.78 is 5.10. The molecule has 1 heterocycles. The van der Waals surface area contributed by atoms with E-state index >= 15 is 0 Å². The molecular weight excluding hydrogens is 292 g/mol. The van der Waals surface area contributed by atoms with Crippen LogP contribution in [0.25, 0.3) is 0 Å². The SMILES string of the molecule is COc1ccc(CNC(=O)CC2C(=O)Nc3ccccc32)cc1. The van der Waals surface area contributed by atoms with Crippen LogP contribution in [0, 0.1) is 0 Å². The number of carbonyl (C=O) groups is 2. The Labute approximate surface area is 134 Å². The van der Waals surface area contributed by atoms with Gasteiger partial charge < -0.3 is 15.4 Å². The van der Waals surface area contributed by atoms with E-state index in [2.05, 4.69) is 10.6 Å². The van der Waals surface area contributed by atoms with Gasteiger partial charge in [-0.1, -0.05) is 30.3 Å². The lowest BCUT2D eigenvalue weighted by Crippen LogP contribution is -2.26. The summed E-state index contributed by atoms with van der Waals surface area (Å²) in [6.07, 6.45) is 0.152. The standard InChI is InChI=1S/C18H18N2O3/c1-23-13-8-6-12(7-9-13)11-19-17(21)10-15-14-4-2-3-5-16(14)20-18(15)22/h2-9,15H,10-11H2,1H3,(H,19,21)(H,20,22). The molecule has 2 aromatic carbocycles. The summed E-state index contributed by atoms with van der Waals surface area (Å²) >= 11 is 0. The average molecular weight is 310 g/mol. The molecule has 0 aromatic heterocycles. The highest BCUT2D eigenvalue weighted by Crippen LogP contribution is 2.34. The van der Waals surface area contributed by atoms with Crippen LogP contribution in [-0.2, 0) is 16.1 Å². The molecule has 2 N–H and O–H groups in total. The van der Waals surface area contributed by atoms with Gasteiger partial charge in [0.1, 0.15) is 5.75 Å². The number of methoxy groups -OCH3 is 1. The van der Waals surface area contributed by atoms with Gasteiger partial charge in [-0.15, -0.1) is 0 Å². The Bertz CT molecular complexity index is 725. The first-order chi connectivity index (χ1) is 11.2. The van der Waals surface area contributed by atoms with Gasteiger partial charge in [-0.05, 0) is 29.3 Å². The lowest BCUT2D eigenvalue weighted by molar-refractivity contribution is -0.125. The van der Waals surface area contributed by atoms with E-state index in [1.54, 1.807) is 7.11 Å². The molecule has 0 saturated heterocycles. The third-order valence-electron chi connectivity index (χ3n) is 3.95. The number of hydrogen-bond donors (Lipinski definition) is 2. The van der Waals surface area contributed by atoms with Crippen molar-refractivity contribution in [3.05, 3.63) is 59.7 Å². The lowest BCUT2D eigenvalue weighted by atomic mass is 9.97. The Morgan fingerprint density at radius 2 is 1.91 bits per heavy atom. The molecule has 1 aliphatic rings. The first kappa shape index (κ1) is 15.1. The van der Waals surface area contributed by atoms with Crippen LogP contribution in [-0.4, -0.2) is 18.9 Å². The van der Waals surface area contributed by atoms with Crippen molar-refractivity contribution in [2.45, 2.75) is 18.9 Å². The van der Waals surface area contributed by atoms with E-state index in [0.29, 0.717) is 6.54 Å². The molecule has 0 radical (unpaired) electrons. The molecular formula is C18H18N2O3. The molecule has 0 aliphatic carbocycles. The van der Waals surface area contributed by atoms with Crippen molar-refractivity contribution in [2.24, 2.45) is 0 Å². The van der Waals surface area contributed by atoms with Crippen molar-refractivity contribution < 1.29 is 14.3 Å². The fourth-order valence-electron chi connectivity index (χ4n) is 2.68. The molecule has 5 heteroatoms. The zero-order valence-electron chi connectivity index (χ0n) is 12.8. The maximum Gasteiger partial charge on any atom is 0.232 e. The maximum atomic E-state index is 12.1. The molecule has 5 nitrogen and oxygen atoms in total. The van der Waals surface area contributed by atoms with E-state index in [4.69, 9.17) is 4.74 Å². The molecule has 2 amide bonds. The molecule has 1 unspecified atom stereocenters.